The van der Waals surface area contributed by atoms with Gasteiger partial charge in [-0.3, -0.25) is 9.52 Å². The number of benzene rings is 3. The van der Waals surface area contributed by atoms with Crippen molar-refractivity contribution in [2.45, 2.75) is 13.3 Å². The standard InChI is InChI=1S/C33H28F2N4O5S/c1-3-45(42,43)39-27-17-29-23(30(33(41)36-2)32(44-29)19-7-10-20(34)11-8-19)15-22(27)26-12-9-18(13-14-40)31(38-26)28-16-21-24(35)5-4-6-25(21)37-28/h4-12,15-17,37,39-40H,3,13-14H2,1-2H3,(H,36,41). The molecule has 0 saturated carbocycles. The fourth-order valence-electron chi connectivity index (χ4n) is 5.27. The van der Waals surface area contributed by atoms with Crippen LogP contribution in [0.5, 0.6) is 0 Å². The lowest BCUT2D eigenvalue weighted by molar-refractivity contribution is 0.0964. The zero-order valence-electron chi connectivity index (χ0n) is 24.2. The summed E-state index contributed by atoms with van der Waals surface area (Å²) in [7, 11) is -2.31. The van der Waals surface area contributed by atoms with Crippen LogP contribution in [0.15, 0.2) is 77.2 Å². The Morgan fingerprint density at radius 3 is 2.49 bits per heavy atom. The summed E-state index contributed by atoms with van der Waals surface area (Å²) in [6, 6.07) is 18.3. The third-order valence-electron chi connectivity index (χ3n) is 7.54. The first-order chi connectivity index (χ1) is 21.6. The molecular formula is C33H28F2N4O5S. The molecule has 3 heterocycles. The maximum Gasteiger partial charge on any atom is 0.255 e. The van der Waals surface area contributed by atoms with Crippen molar-refractivity contribution in [3.8, 4) is 34.0 Å². The highest BCUT2D eigenvalue weighted by Gasteiger charge is 2.25. The smallest absolute Gasteiger partial charge is 0.255 e. The maximum absolute atomic E-state index is 14.6. The number of pyridine rings is 1. The van der Waals surface area contributed by atoms with Gasteiger partial charge in [-0.05, 0) is 73.5 Å². The number of rotatable bonds is 9. The van der Waals surface area contributed by atoms with Gasteiger partial charge in [0.2, 0.25) is 10.0 Å². The van der Waals surface area contributed by atoms with E-state index < -0.39 is 27.6 Å². The Labute approximate surface area is 257 Å². The van der Waals surface area contributed by atoms with Crippen molar-refractivity contribution in [2.75, 3.05) is 24.1 Å². The summed E-state index contributed by atoms with van der Waals surface area (Å²) in [5, 5.41) is 13.1. The highest BCUT2D eigenvalue weighted by molar-refractivity contribution is 7.92. The van der Waals surface area contributed by atoms with Crippen LogP contribution in [0.2, 0.25) is 0 Å². The lowest BCUT2D eigenvalue weighted by Crippen LogP contribution is -2.18. The van der Waals surface area contributed by atoms with E-state index in [1.165, 1.54) is 50.4 Å². The Balaban J connectivity index is 1.62. The Morgan fingerprint density at radius 1 is 1.02 bits per heavy atom. The molecule has 9 nitrogen and oxygen atoms in total. The molecule has 3 aromatic carbocycles. The third kappa shape index (κ3) is 5.65. The van der Waals surface area contributed by atoms with Crippen LogP contribution in [0.25, 0.3) is 55.8 Å². The molecule has 0 aliphatic carbocycles. The molecule has 0 atom stereocenters. The third-order valence-corrected chi connectivity index (χ3v) is 8.83. The minimum atomic E-state index is -3.78. The number of carbonyl (C=O) groups is 1. The van der Waals surface area contributed by atoms with Gasteiger partial charge in [0.25, 0.3) is 5.91 Å². The number of aromatic amines is 1. The molecule has 0 bridgehead atoms. The number of sulfonamides is 1. The van der Waals surface area contributed by atoms with E-state index in [-0.39, 0.29) is 41.4 Å². The van der Waals surface area contributed by atoms with Crippen LogP contribution in [-0.2, 0) is 16.4 Å². The first kappa shape index (κ1) is 30.0. The average Bonchev–Trinajstić information content (AvgIpc) is 3.63. The van der Waals surface area contributed by atoms with Crippen molar-refractivity contribution in [1.29, 1.82) is 0 Å². The Kier molecular flexibility index (Phi) is 7.85. The number of fused-ring (bicyclic) bond motifs is 2. The number of aromatic nitrogens is 2. The summed E-state index contributed by atoms with van der Waals surface area (Å²) in [4.78, 5) is 21.3. The van der Waals surface area contributed by atoms with Gasteiger partial charge in [-0.1, -0.05) is 12.1 Å². The molecule has 0 fully saturated rings. The second-order valence-electron chi connectivity index (χ2n) is 10.4. The second kappa shape index (κ2) is 11.8. The first-order valence-electron chi connectivity index (χ1n) is 14.1. The molecule has 0 aliphatic rings. The van der Waals surface area contributed by atoms with E-state index in [1.54, 1.807) is 36.4 Å². The number of nitrogens with one attached hydrogen (secondary N) is 3. The molecular weight excluding hydrogens is 602 g/mol. The number of nitrogens with zero attached hydrogens (tertiary/aromatic N) is 1. The van der Waals surface area contributed by atoms with E-state index in [9.17, 15) is 27.1 Å². The quantitative estimate of drug-likeness (QED) is 0.149. The monoisotopic (exact) mass is 630 g/mol. The van der Waals surface area contributed by atoms with Crippen molar-refractivity contribution in [3.05, 3.63) is 95.6 Å². The van der Waals surface area contributed by atoms with E-state index in [0.29, 0.717) is 50.1 Å². The van der Waals surface area contributed by atoms with E-state index in [2.05, 4.69) is 15.0 Å². The number of amides is 1. The molecule has 45 heavy (non-hydrogen) atoms. The van der Waals surface area contributed by atoms with Crippen LogP contribution in [0.1, 0.15) is 22.8 Å². The van der Waals surface area contributed by atoms with Gasteiger partial charge in [0, 0.05) is 47.1 Å². The predicted octanol–water partition coefficient (Wildman–Crippen LogP) is 6.24. The molecule has 0 radical (unpaired) electrons. The molecule has 0 saturated heterocycles. The van der Waals surface area contributed by atoms with Gasteiger partial charge >= 0.3 is 0 Å². The summed E-state index contributed by atoms with van der Waals surface area (Å²) < 4.78 is 62.6. The number of aliphatic hydroxyl groups excluding tert-OH is 1. The Hall–Kier alpha value is -5.07. The number of furan rings is 1. The number of hydrogen-bond acceptors (Lipinski definition) is 6. The van der Waals surface area contributed by atoms with Gasteiger partial charge in [0.1, 0.15) is 23.0 Å². The Bertz CT molecular complexity index is 2190. The van der Waals surface area contributed by atoms with E-state index in [0.717, 1.165) is 0 Å². The number of hydrogen-bond donors (Lipinski definition) is 4. The maximum atomic E-state index is 14.6. The number of H-pyrrole nitrogens is 1. The summed E-state index contributed by atoms with van der Waals surface area (Å²) in [5.74, 6) is -1.36. The number of carbonyl (C=O) groups excluding carboxylic acids is 1. The average molecular weight is 631 g/mol. The van der Waals surface area contributed by atoms with Crippen LogP contribution >= 0.6 is 0 Å². The minimum Gasteiger partial charge on any atom is -0.455 e. The Morgan fingerprint density at radius 2 is 1.80 bits per heavy atom. The summed E-state index contributed by atoms with van der Waals surface area (Å²) in [5.41, 5.74) is 3.86. The SMILES string of the molecule is CCS(=O)(=O)Nc1cc2oc(-c3ccc(F)cc3)c(C(=O)NC)c2cc1-c1ccc(CCO)c(-c2cc3c(F)cccc3[nH]2)n1. The molecule has 0 spiro atoms. The van der Waals surface area contributed by atoms with Crippen molar-refractivity contribution in [2.24, 2.45) is 0 Å². The molecule has 4 N–H and O–H groups in total. The highest BCUT2D eigenvalue weighted by atomic mass is 32.2. The van der Waals surface area contributed by atoms with Gasteiger partial charge in [-0.2, -0.15) is 0 Å². The van der Waals surface area contributed by atoms with E-state index in [1.807, 2.05) is 0 Å². The van der Waals surface area contributed by atoms with Crippen LogP contribution in [0, 0.1) is 11.6 Å². The second-order valence-corrected chi connectivity index (χ2v) is 12.4. The van der Waals surface area contributed by atoms with Crippen molar-refractivity contribution in [1.82, 2.24) is 15.3 Å². The molecule has 0 unspecified atom stereocenters. The zero-order valence-corrected chi connectivity index (χ0v) is 25.1. The highest BCUT2D eigenvalue weighted by Crippen LogP contribution is 2.40. The van der Waals surface area contributed by atoms with Crippen molar-refractivity contribution >= 4 is 43.5 Å². The fourth-order valence-corrected chi connectivity index (χ4v) is 5.92. The number of anilines is 1. The fraction of sp³-hybridized carbons (Fsp3) is 0.152. The van der Waals surface area contributed by atoms with Gasteiger partial charge in [0.15, 0.2) is 0 Å². The molecule has 1 amide bonds. The van der Waals surface area contributed by atoms with Crippen LogP contribution < -0.4 is 10.0 Å². The molecule has 6 aromatic rings. The topological polar surface area (TPSA) is 137 Å². The van der Waals surface area contributed by atoms with Crippen LogP contribution in [0.3, 0.4) is 0 Å². The minimum absolute atomic E-state index is 0.156. The molecule has 6 rings (SSSR count). The first-order valence-corrected chi connectivity index (χ1v) is 15.8. The summed E-state index contributed by atoms with van der Waals surface area (Å²) >= 11 is 0. The van der Waals surface area contributed by atoms with Gasteiger partial charge in [-0.25, -0.2) is 22.2 Å². The molecule has 230 valence electrons. The van der Waals surface area contributed by atoms with E-state index in [4.69, 9.17) is 9.40 Å². The summed E-state index contributed by atoms with van der Waals surface area (Å²) in [6.45, 7) is 1.34. The van der Waals surface area contributed by atoms with Crippen LogP contribution in [-0.4, -0.2) is 48.8 Å². The van der Waals surface area contributed by atoms with E-state index >= 15 is 0 Å². The van der Waals surface area contributed by atoms with Gasteiger partial charge in [-0.15, -0.1) is 0 Å². The normalized spacial score (nSPS) is 11.8. The predicted molar refractivity (Wildman–Crippen MR) is 169 cm³/mol. The lowest BCUT2D eigenvalue weighted by Gasteiger charge is -2.14. The summed E-state index contributed by atoms with van der Waals surface area (Å²) in [6.07, 6.45) is 0.262. The molecule has 12 heteroatoms. The lowest BCUT2D eigenvalue weighted by atomic mass is 9.99. The number of aliphatic hydroxyl groups is 1. The largest absolute Gasteiger partial charge is 0.455 e. The van der Waals surface area contributed by atoms with Crippen LogP contribution in [0.4, 0.5) is 14.5 Å². The van der Waals surface area contributed by atoms with Crippen molar-refractivity contribution < 1.29 is 31.5 Å². The molecule has 0 aliphatic heterocycles. The molecule has 3 aromatic heterocycles. The van der Waals surface area contributed by atoms with Crippen molar-refractivity contribution in [3.63, 3.8) is 0 Å². The van der Waals surface area contributed by atoms with Gasteiger partial charge < -0.3 is 19.8 Å². The van der Waals surface area contributed by atoms with Gasteiger partial charge in [0.05, 0.1) is 34.1 Å². The zero-order chi connectivity index (χ0) is 31.9. The number of halogens is 2.